The first-order valence-electron chi connectivity index (χ1n) is 7.02. The van der Waals surface area contributed by atoms with Crippen molar-refractivity contribution >= 4 is 5.97 Å². The zero-order valence-electron chi connectivity index (χ0n) is 11.6. The lowest BCUT2D eigenvalue weighted by atomic mass is 9.74. The molecule has 0 heterocycles. The Labute approximate surface area is 105 Å². The van der Waals surface area contributed by atoms with Gasteiger partial charge in [-0.3, -0.25) is 4.79 Å². The third-order valence-corrected chi connectivity index (χ3v) is 3.63. The van der Waals surface area contributed by atoms with Gasteiger partial charge in [0.2, 0.25) is 0 Å². The second kappa shape index (κ2) is 7.00. The molecule has 1 rings (SSSR count). The first-order valence-corrected chi connectivity index (χ1v) is 7.02. The third-order valence-electron chi connectivity index (χ3n) is 3.63. The Morgan fingerprint density at radius 3 is 2.82 bits per heavy atom. The highest BCUT2D eigenvalue weighted by Crippen LogP contribution is 2.34. The molecule has 2 unspecified atom stereocenters. The van der Waals surface area contributed by atoms with E-state index in [2.05, 4.69) is 19.2 Å². The molecule has 0 aromatic rings. The SMILES string of the molecule is CCCNC1(CC(=O)OCC)CCCC(C)C1. The van der Waals surface area contributed by atoms with Crippen molar-refractivity contribution in [1.29, 1.82) is 0 Å². The Morgan fingerprint density at radius 1 is 1.47 bits per heavy atom. The van der Waals surface area contributed by atoms with Gasteiger partial charge >= 0.3 is 5.97 Å². The molecule has 1 saturated carbocycles. The normalized spacial score (nSPS) is 29.0. The van der Waals surface area contributed by atoms with E-state index in [1.165, 1.54) is 12.8 Å². The van der Waals surface area contributed by atoms with Gasteiger partial charge in [-0.2, -0.15) is 0 Å². The Hall–Kier alpha value is -0.570. The maximum absolute atomic E-state index is 11.7. The van der Waals surface area contributed by atoms with Gasteiger partial charge in [0.05, 0.1) is 13.0 Å². The topological polar surface area (TPSA) is 38.3 Å². The predicted molar refractivity (Wildman–Crippen MR) is 69.9 cm³/mol. The molecule has 0 aromatic carbocycles. The fourth-order valence-corrected chi connectivity index (χ4v) is 2.92. The maximum atomic E-state index is 11.7. The molecule has 0 radical (unpaired) electrons. The van der Waals surface area contributed by atoms with Crippen LogP contribution in [0.5, 0.6) is 0 Å². The van der Waals surface area contributed by atoms with Crippen LogP contribution in [-0.2, 0) is 9.53 Å². The average Bonchev–Trinajstić information content (AvgIpc) is 2.26. The van der Waals surface area contributed by atoms with Crippen molar-refractivity contribution in [3.05, 3.63) is 0 Å². The fourth-order valence-electron chi connectivity index (χ4n) is 2.92. The highest BCUT2D eigenvalue weighted by atomic mass is 16.5. The zero-order chi connectivity index (χ0) is 12.7. The Balaban J connectivity index is 2.60. The van der Waals surface area contributed by atoms with Gasteiger partial charge in [-0.1, -0.05) is 26.7 Å². The molecule has 1 aliphatic rings. The number of esters is 1. The number of hydrogen-bond acceptors (Lipinski definition) is 3. The number of nitrogens with one attached hydrogen (secondary N) is 1. The van der Waals surface area contributed by atoms with E-state index in [-0.39, 0.29) is 11.5 Å². The van der Waals surface area contributed by atoms with Crippen molar-refractivity contribution in [2.75, 3.05) is 13.2 Å². The minimum atomic E-state index is -0.0507. The van der Waals surface area contributed by atoms with Crippen molar-refractivity contribution in [3.8, 4) is 0 Å². The molecule has 1 fully saturated rings. The smallest absolute Gasteiger partial charge is 0.307 e. The van der Waals surface area contributed by atoms with Crippen LogP contribution in [0.4, 0.5) is 0 Å². The summed E-state index contributed by atoms with van der Waals surface area (Å²) in [5.74, 6) is 0.660. The van der Waals surface area contributed by atoms with Crippen LogP contribution < -0.4 is 5.32 Å². The molecule has 17 heavy (non-hydrogen) atoms. The lowest BCUT2D eigenvalue weighted by Gasteiger charge is -2.40. The average molecular weight is 241 g/mol. The second-order valence-corrected chi connectivity index (χ2v) is 5.39. The monoisotopic (exact) mass is 241 g/mol. The summed E-state index contributed by atoms with van der Waals surface area (Å²) in [6, 6.07) is 0. The van der Waals surface area contributed by atoms with Crippen LogP contribution >= 0.6 is 0 Å². The molecule has 0 saturated heterocycles. The highest BCUT2D eigenvalue weighted by Gasteiger charge is 2.36. The quantitative estimate of drug-likeness (QED) is 0.727. The van der Waals surface area contributed by atoms with Gasteiger partial charge in [-0.05, 0) is 38.6 Å². The lowest BCUT2D eigenvalue weighted by molar-refractivity contribution is -0.145. The van der Waals surface area contributed by atoms with Crippen molar-refractivity contribution < 1.29 is 9.53 Å². The van der Waals surface area contributed by atoms with E-state index in [1.54, 1.807) is 0 Å². The van der Waals surface area contributed by atoms with Gasteiger partial charge in [0.15, 0.2) is 0 Å². The lowest BCUT2D eigenvalue weighted by Crippen LogP contribution is -2.50. The van der Waals surface area contributed by atoms with Crippen molar-refractivity contribution in [1.82, 2.24) is 5.32 Å². The van der Waals surface area contributed by atoms with Crippen LogP contribution in [0.2, 0.25) is 0 Å². The van der Waals surface area contributed by atoms with Crippen LogP contribution in [0.3, 0.4) is 0 Å². The van der Waals surface area contributed by atoms with Crippen LogP contribution in [0, 0.1) is 5.92 Å². The number of carbonyl (C=O) groups excluding carboxylic acids is 1. The molecular weight excluding hydrogens is 214 g/mol. The van der Waals surface area contributed by atoms with Gasteiger partial charge in [-0.25, -0.2) is 0 Å². The third kappa shape index (κ3) is 4.66. The number of carbonyl (C=O) groups is 1. The van der Waals surface area contributed by atoms with E-state index in [4.69, 9.17) is 4.74 Å². The van der Waals surface area contributed by atoms with E-state index in [1.807, 2.05) is 6.92 Å². The first-order chi connectivity index (χ1) is 8.12. The molecule has 0 aliphatic heterocycles. The summed E-state index contributed by atoms with van der Waals surface area (Å²) in [7, 11) is 0. The molecular formula is C14H27NO2. The van der Waals surface area contributed by atoms with E-state index >= 15 is 0 Å². The van der Waals surface area contributed by atoms with Crippen LogP contribution in [0.25, 0.3) is 0 Å². The van der Waals surface area contributed by atoms with Gasteiger partial charge in [0.25, 0.3) is 0 Å². The first kappa shape index (κ1) is 14.5. The summed E-state index contributed by atoms with van der Waals surface area (Å²) in [6.07, 6.45) is 6.36. The van der Waals surface area contributed by atoms with Gasteiger partial charge in [0, 0.05) is 5.54 Å². The summed E-state index contributed by atoms with van der Waals surface area (Å²) in [5.41, 5.74) is -0.0000694. The second-order valence-electron chi connectivity index (χ2n) is 5.39. The van der Waals surface area contributed by atoms with E-state index in [9.17, 15) is 4.79 Å². The van der Waals surface area contributed by atoms with E-state index in [0.717, 1.165) is 25.8 Å². The Kier molecular flexibility index (Phi) is 5.96. The number of ether oxygens (including phenoxy) is 1. The number of rotatable bonds is 6. The summed E-state index contributed by atoms with van der Waals surface area (Å²) >= 11 is 0. The van der Waals surface area contributed by atoms with Crippen LogP contribution in [-0.4, -0.2) is 24.7 Å². The zero-order valence-corrected chi connectivity index (χ0v) is 11.6. The molecule has 100 valence electrons. The van der Waals surface area contributed by atoms with Crippen molar-refractivity contribution in [2.24, 2.45) is 5.92 Å². The molecule has 0 spiro atoms. The molecule has 3 nitrogen and oxygen atoms in total. The molecule has 3 heteroatoms. The molecule has 0 amide bonds. The molecule has 2 atom stereocenters. The molecule has 1 N–H and O–H groups in total. The number of hydrogen-bond donors (Lipinski definition) is 1. The van der Waals surface area contributed by atoms with E-state index < -0.39 is 0 Å². The summed E-state index contributed by atoms with van der Waals surface area (Å²) in [4.78, 5) is 11.7. The summed E-state index contributed by atoms with van der Waals surface area (Å²) in [6.45, 7) is 7.79. The Bertz CT molecular complexity index is 242. The summed E-state index contributed by atoms with van der Waals surface area (Å²) < 4.78 is 5.11. The highest BCUT2D eigenvalue weighted by molar-refractivity contribution is 5.71. The predicted octanol–water partition coefficient (Wildman–Crippen LogP) is 2.89. The van der Waals surface area contributed by atoms with Crippen molar-refractivity contribution in [3.63, 3.8) is 0 Å². The standard InChI is InChI=1S/C14H27NO2/c1-4-9-15-14(11-13(16)17-5-2)8-6-7-12(3)10-14/h12,15H,4-11H2,1-3H3. The van der Waals surface area contributed by atoms with Crippen molar-refractivity contribution in [2.45, 2.75) is 64.8 Å². The van der Waals surface area contributed by atoms with Gasteiger partial charge < -0.3 is 10.1 Å². The Morgan fingerprint density at radius 2 is 2.24 bits per heavy atom. The molecule has 1 aliphatic carbocycles. The van der Waals surface area contributed by atoms with Crippen LogP contribution in [0.1, 0.15) is 59.3 Å². The van der Waals surface area contributed by atoms with Gasteiger partial charge in [-0.15, -0.1) is 0 Å². The minimum Gasteiger partial charge on any atom is -0.466 e. The maximum Gasteiger partial charge on any atom is 0.307 e. The fraction of sp³-hybridized carbons (Fsp3) is 0.929. The largest absolute Gasteiger partial charge is 0.466 e. The van der Waals surface area contributed by atoms with Crippen LogP contribution in [0.15, 0.2) is 0 Å². The molecule has 0 bridgehead atoms. The molecule has 0 aromatic heterocycles. The summed E-state index contributed by atoms with van der Waals surface area (Å²) in [5, 5.41) is 3.60. The minimum absolute atomic E-state index is 0.0000694. The van der Waals surface area contributed by atoms with E-state index in [0.29, 0.717) is 18.9 Å². The van der Waals surface area contributed by atoms with Gasteiger partial charge in [0.1, 0.15) is 0 Å².